The summed E-state index contributed by atoms with van der Waals surface area (Å²) in [5, 5.41) is 1.11. The lowest BCUT2D eigenvalue weighted by atomic mass is 10.0. The van der Waals surface area contributed by atoms with Gasteiger partial charge in [-0.05, 0) is 57.7 Å². The number of hydrogen-bond donors (Lipinski definition) is 0. The molecule has 0 spiro atoms. The van der Waals surface area contributed by atoms with E-state index in [1.165, 1.54) is 28.9 Å². The zero-order valence-corrected chi connectivity index (χ0v) is 15.5. The normalized spacial score (nSPS) is 19.4. The number of aliphatic imine (C=N–C) groups is 2. The number of aryl methyl sites for hydroxylation is 1. The minimum Gasteiger partial charge on any atom is -0.305 e. The van der Waals surface area contributed by atoms with Gasteiger partial charge in [0, 0.05) is 23.5 Å². The highest BCUT2D eigenvalue weighted by atomic mass is 32.2. The second kappa shape index (κ2) is 6.68. The number of rotatable bonds is 3. The summed E-state index contributed by atoms with van der Waals surface area (Å²) >= 11 is 1.81. The molecule has 2 aliphatic rings. The Hall–Kier alpha value is -1.29. The van der Waals surface area contributed by atoms with Crippen LogP contribution in [-0.4, -0.2) is 34.5 Å². The van der Waals surface area contributed by atoms with E-state index in [9.17, 15) is 0 Å². The third kappa shape index (κ3) is 3.79. The molecule has 1 aromatic rings. The minimum atomic E-state index is -0.0672. The van der Waals surface area contributed by atoms with Crippen LogP contribution in [0.4, 0.5) is 0 Å². The van der Waals surface area contributed by atoms with E-state index < -0.39 is 0 Å². The molecule has 0 unspecified atom stereocenters. The number of benzene rings is 1. The number of unbranched alkanes of at least 4 members (excludes halogenated alkanes) is 1. The van der Waals surface area contributed by atoms with Gasteiger partial charge in [0.15, 0.2) is 5.17 Å². The van der Waals surface area contributed by atoms with Crippen molar-refractivity contribution in [2.24, 2.45) is 9.98 Å². The molecular weight excluding hydrogens is 302 g/mol. The van der Waals surface area contributed by atoms with Crippen molar-refractivity contribution in [3.8, 4) is 0 Å². The summed E-state index contributed by atoms with van der Waals surface area (Å²) in [5.41, 5.74) is 2.64. The van der Waals surface area contributed by atoms with Crippen molar-refractivity contribution < 1.29 is 0 Å². The molecule has 0 saturated heterocycles. The molecule has 0 aromatic heterocycles. The van der Waals surface area contributed by atoms with Gasteiger partial charge in [0.1, 0.15) is 5.84 Å². The molecule has 0 radical (unpaired) electrons. The van der Waals surface area contributed by atoms with Gasteiger partial charge in [-0.2, -0.15) is 0 Å². The molecule has 3 nitrogen and oxygen atoms in total. The molecule has 0 fully saturated rings. The molecule has 3 rings (SSSR count). The Kier molecular flexibility index (Phi) is 4.81. The number of nitrogens with zero attached hydrogens (tertiary/aromatic N) is 3. The topological polar surface area (TPSA) is 28.0 Å². The molecular formula is C19H27N3S. The second-order valence-corrected chi connectivity index (χ2v) is 8.32. The summed E-state index contributed by atoms with van der Waals surface area (Å²) in [6.07, 6.45) is 4.75. The lowest BCUT2D eigenvalue weighted by Gasteiger charge is -2.36. The Balaban J connectivity index is 2.00. The Morgan fingerprint density at radius 2 is 2.13 bits per heavy atom. The van der Waals surface area contributed by atoms with Crippen LogP contribution < -0.4 is 0 Å². The van der Waals surface area contributed by atoms with E-state index in [4.69, 9.17) is 9.98 Å². The van der Waals surface area contributed by atoms with E-state index in [1.807, 2.05) is 11.8 Å². The lowest BCUT2D eigenvalue weighted by molar-refractivity contribution is 0.527. The maximum atomic E-state index is 4.97. The molecule has 23 heavy (non-hydrogen) atoms. The molecule has 0 aliphatic carbocycles. The van der Waals surface area contributed by atoms with Crippen molar-refractivity contribution in [1.29, 1.82) is 0 Å². The first-order valence-corrected chi connectivity index (χ1v) is 9.52. The average molecular weight is 330 g/mol. The molecule has 4 heteroatoms. The zero-order valence-electron chi connectivity index (χ0n) is 14.7. The Bertz CT molecular complexity index is 641. The molecule has 2 aliphatic heterocycles. The van der Waals surface area contributed by atoms with E-state index in [2.05, 4.69) is 50.8 Å². The van der Waals surface area contributed by atoms with Crippen molar-refractivity contribution in [2.45, 2.75) is 63.8 Å². The zero-order chi connectivity index (χ0) is 16.4. The van der Waals surface area contributed by atoms with Crippen molar-refractivity contribution in [3.63, 3.8) is 0 Å². The lowest BCUT2D eigenvalue weighted by Crippen LogP contribution is -2.43. The van der Waals surface area contributed by atoms with E-state index in [-0.39, 0.29) is 5.54 Å². The van der Waals surface area contributed by atoms with E-state index in [1.54, 1.807) is 0 Å². The Labute approximate surface area is 144 Å². The summed E-state index contributed by atoms with van der Waals surface area (Å²) in [7, 11) is 0. The van der Waals surface area contributed by atoms with Crippen LogP contribution in [0.5, 0.6) is 0 Å². The summed E-state index contributed by atoms with van der Waals surface area (Å²) < 4.78 is 0. The fourth-order valence-electron chi connectivity index (χ4n) is 2.92. The third-order valence-corrected chi connectivity index (χ3v) is 5.08. The third-order valence-electron chi connectivity index (χ3n) is 4.03. The second-order valence-electron chi connectivity index (χ2n) is 7.31. The van der Waals surface area contributed by atoms with Crippen LogP contribution in [0.1, 0.15) is 58.1 Å². The highest BCUT2D eigenvalue weighted by Gasteiger charge is 2.31. The molecule has 1 aromatic carbocycles. The highest BCUT2D eigenvalue weighted by molar-refractivity contribution is 8.14. The quantitative estimate of drug-likeness (QED) is 0.801. The van der Waals surface area contributed by atoms with Crippen molar-refractivity contribution >= 4 is 22.8 Å². The van der Waals surface area contributed by atoms with Crippen LogP contribution in [0.3, 0.4) is 0 Å². The number of hydrogen-bond acceptors (Lipinski definition) is 3. The SMILES string of the molecule is CCCCc1ccc2c(c1)SC(=NC(C)(C)C)N1CCCN=C21. The largest absolute Gasteiger partial charge is 0.305 e. The van der Waals surface area contributed by atoms with Gasteiger partial charge >= 0.3 is 0 Å². The van der Waals surface area contributed by atoms with Crippen molar-refractivity contribution in [3.05, 3.63) is 29.3 Å². The van der Waals surface area contributed by atoms with E-state index >= 15 is 0 Å². The maximum absolute atomic E-state index is 4.97. The van der Waals surface area contributed by atoms with Gasteiger partial charge in [-0.25, -0.2) is 0 Å². The monoisotopic (exact) mass is 329 g/mol. The summed E-state index contributed by atoms with van der Waals surface area (Å²) in [5.74, 6) is 1.12. The summed E-state index contributed by atoms with van der Waals surface area (Å²) in [6.45, 7) is 10.7. The first-order chi connectivity index (χ1) is 11.0. The number of thioether (sulfide) groups is 1. The molecule has 0 atom stereocenters. The van der Waals surface area contributed by atoms with Crippen LogP contribution in [0.15, 0.2) is 33.1 Å². The van der Waals surface area contributed by atoms with Crippen LogP contribution in [-0.2, 0) is 6.42 Å². The van der Waals surface area contributed by atoms with Crippen molar-refractivity contribution in [1.82, 2.24) is 4.90 Å². The van der Waals surface area contributed by atoms with Crippen LogP contribution in [0.25, 0.3) is 0 Å². The molecule has 124 valence electrons. The predicted octanol–water partition coefficient (Wildman–Crippen LogP) is 4.74. The Morgan fingerprint density at radius 1 is 1.30 bits per heavy atom. The van der Waals surface area contributed by atoms with Crippen LogP contribution in [0.2, 0.25) is 0 Å². The van der Waals surface area contributed by atoms with Gasteiger partial charge in [-0.1, -0.05) is 31.2 Å². The van der Waals surface area contributed by atoms with Gasteiger partial charge < -0.3 is 4.90 Å². The maximum Gasteiger partial charge on any atom is 0.170 e. The van der Waals surface area contributed by atoms with Crippen molar-refractivity contribution in [2.75, 3.05) is 13.1 Å². The smallest absolute Gasteiger partial charge is 0.170 e. The first kappa shape index (κ1) is 16.6. The fourth-order valence-corrected chi connectivity index (χ4v) is 4.20. The van der Waals surface area contributed by atoms with E-state index in [0.717, 1.165) is 36.9 Å². The first-order valence-electron chi connectivity index (χ1n) is 8.71. The minimum absolute atomic E-state index is 0.0672. The molecule has 2 heterocycles. The molecule has 0 N–H and O–H groups in total. The summed E-state index contributed by atoms with van der Waals surface area (Å²) in [4.78, 5) is 13.4. The average Bonchev–Trinajstić information content (AvgIpc) is 2.51. The molecule has 0 saturated carbocycles. The Morgan fingerprint density at radius 3 is 2.87 bits per heavy atom. The highest BCUT2D eigenvalue weighted by Crippen LogP contribution is 2.36. The molecule has 0 bridgehead atoms. The fraction of sp³-hybridized carbons (Fsp3) is 0.579. The predicted molar refractivity (Wildman–Crippen MR) is 101 cm³/mol. The molecule has 0 amide bonds. The number of fused-ring (bicyclic) bond motifs is 3. The van der Waals surface area contributed by atoms with Gasteiger partial charge in [-0.15, -0.1) is 0 Å². The van der Waals surface area contributed by atoms with E-state index in [0.29, 0.717) is 0 Å². The van der Waals surface area contributed by atoms with Crippen LogP contribution in [0, 0.1) is 0 Å². The van der Waals surface area contributed by atoms with Crippen LogP contribution >= 0.6 is 11.8 Å². The summed E-state index contributed by atoms with van der Waals surface area (Å²) in [6, 6.07) is 6.89. The number of amidine groups is 2. The van der Waals surface area contributed by atoms with Gasteiger partial charge in [0.25, 0.3) is 0 Å². The van der Waals surface area contributed by atoms with Gasteiger partial charge in [0.05, 0.1) is 5.54 Å². The van der Waals surface area contributed by atoms with Gasteiger partial charge in [0.2, 0.25) is 0 Å². The van der Waals surface area contributed by atoms with Gasteiger partial charge in [-0.3, -0.25) is 9.98 Å². The standard InChI is InChI=1S/C19H27N3S/c1-5-6-8-14-9-10-15-16(13-14)23-18(21-19(2,3)4)22-12-7-11-20-17(15)22/h9-10,13H,5-8,11-12H2,1-4H3.